The number of fused-ring (bicyclic) bond motifs is 1. The second-order valence-electron chi connectivity index (χ2n) is 5.59. The summed E-state index contributed by atoms with van der Waals surface area (Å²) in [5, 5.41) is 5.57. The van der Waals surface area contributed by atoms with E-state index in [4.69, 9.17) is 11.6 Å². The van der Waals surface area contributed by atoms with E-state index >= 15 is 0 Å². The number of halogens is 1. The van der Waals surface area contributed by atoms with Crippen molar-refractivity contribution < 1.29 is 4.79 Å². The third kappa shape index (κ3) is 3.89. The van der Waals surface area contributed by atoms with Crippen LogP contribution in [0.3, 0.4) is 0 Å². The molecule has 0 atom stereocenters. The summed E-state index contributed by atoms with van der Waals surface area (Å²) in [6.45, 7) is 3.98. The number of nitrogens with one attached hydrogen (secondary N) is 1. The van der Waals surface area contributed by atoms with E-state index in [1.54, 1.807) is 6.07 Å². The molecule has 3 nitrogen and oxygen atoms in total. The molecule has 0 aliphatic carbocycles. The number of hydrogen-bond donors (Lipinski definition) is 1. The van der Waals surface area contributed by atoms with Gasteiger partial charge in [-0.1, -0.05) is 41.6 Å². The first-order valence-corrected chi connectivity index (χ1v) is 8.94. The molecule has 0 fully saturated rings. The molecule has 0 spiro atoms. The number of hydrogen-bond acceptors (Lipinski definition) is 3. The van der Waals surface area contributed by atoms with Crippen molar-refractivity contribution in [3.8, 4) is 0 Å². The second-order valence-corrected chi connectivity index (χ2v) is 7.02. The summed E-state index contributed by atoms with van der Waals surface area (Å²) >= 11 is 7.37. The molecule has 0 saturated heterocycles. The highest BCUT2D eigenvalue weighted by Crippen LogP contribution is 2.24. The molecule has 5 heteroatoms. The quantitative estimate of drug-likeness (QED) is 0.650. The fourth-order valence-electron chi connectivity index (χ4n) is 2.49. The average Bonchev–Trinajstić information content (AvgIpc) is 2.56. The Hall–Kier alpha value is -2.04. The predicted octanol–water partition coefficient (Wildman–Crippen LogP) is 5.24. The number of aryl methyl sites for hydroxylation is 2. The lowest BCUT2D eigenvalue weighted by molar-refractivity contribution is -0.113. The Kier molecular flexibility index (Phi) is 5.07. The minimum Gasteiger partial charge on any atom is -0.325 e. The number of amides is 1. The van der Waals surface area contributed by atoms with Gasteiger partial charge in [0, 0.05) is 16.1 Å². The lowest BCUT2D eigenvalue weighted by Gasteiger charge is -2.09. The van der Waals surface area contributed by atoms with Crippen LogP contribution in [0.15, 0.2) is 53.6 Å². The maximum absolute atomic E-state index is 12.2. The Morgan fingerprint density at radius 2 is 1.92 bits per heavy atom. The lowest BCUT2D eigenvalue weighted by Crippen LogP contribution is -2.14. The zero-order chi connectivity index (χ0) is 17.1. The highest BCUT2D eigenvalue weighted by molar-refractivity contribution is 7.99. The van der Waals surface area contributed by atoms with Crippen molar-refractivity contribution in [2.45, 2.75) is 18.9 Å². The van der Waals surface area contributed by atoms with Crippen molar-refractivity contribution in [2.24, 2.45) is 0 Å². The van der Waals surface area contributed by atoms with Crippen molar-refractivity contribution in [1.29, 1.82) is 0 Å². The van der Waals surface area contributed by atoms with E-state index in [0.29, 0.717) is 10.8 Å². The Bertz CT molecular complexity index is 911. The van der Waals surface area contributed by atoms with Crippen LogP contribution in [0.5, 0.6) is 0 Å². The van der Waals surface area contributed by atoms with Gasteiger partial charge in [-0.2, -0.15) is 0 Å². The molecular formula is C19H17ClN2OS. The van der Waals surface area contributed by atoms with Crippen LogP contribution in [0, 0.1) is 13.8 Å². The van der Waals surface area contributed by atoms with E-state index in [1.165, 1.54) is 11.8 Å². The van der Waals surface area contributed by atoms with Gasteiger partial charge in [-0.05, 0) is 55.3 Å². The molecule has 0 aliphatic rings. The number of carbonyl (C=O) groups excluding carboxylic acids is 1. The molecule has 2 aromatic carbocycles. The first-order chi connectivity index (χ1) is 11.5. The van der Waals surface area contributed by atoms with Crippen molar-refractivity contribution in [1.82, 2.24) is 4.98 Å². The molecule has 3 aromatic rings. The van der Waals surface area contributed by atoms with Gasteiger partial charge in [0.2, 0.25) is 5.91 Å². The zero-order valence-electron chi connectivity index (χ0n) is 13.5. The van der Waals surface area contributed by atoms with E-state index in [0.717, 1.165) is 32.7 Å². The third-order valence-electron chi connectivity index (χ3n) is 3.71. The summed E-state index contributed by atoms with van der Waals surface area (Å²) in [4.78, 5) is 16.8. The van der Waals surface area contributed by atoms with Gasteiger partial charge in [-0.15, -0.1) is 0 Å². The molecule has 0 aliphatic heterocycles. The Morgan fingerprint density at radius 3 is 2.71 bits per heavy atom. The van der Waals surface area contributed by atoms with Crippen LogP contribution in [0.2, 0.25) is 5.02 Å². The number of para-hydroxylation sites is 1. The summed E-state index contributed by atoms with van der Waals surface area (Å²) in [6.07, 6.45) is 0. The van der Waals surface area contributed by atoms with Crippen LogP contribution in [0.4, 0.5) is 5.69 Å². The van der Waals surface area contributed by atoms with Crippen LogP contribution in [0.1, 0.15) is 11.1 Å². The highest BCUT2D eigenvalue weighted by Gasteiger charge is 2.08. The van der Waals surface area contributed by atoms with Crippen molar-refractivity contribution in [3.05, 3.63) is 64.7 Å². The maximum Gasteiger partial charge on any atom is 0.234 e. The second kappa shape index (κ2) is 7.24. The standard InChI is InChI=1S/C19H17ClN2OS/c1-12-10-19(22-17-6-4-3-5-15(12)17)24-11-18(23)21-16-8-7-14(20)9-13(16)2/h3-10H,11H2,1-2H3,(H,21,23). The molecule has 0 bridgehead atoms. The average molecular weight is 357 g/mol. The third-order valence-corrected chi connectivity index (χ3v) is 4.86. The summed E-state index contributed by atoms with van der Waals surface area (Å²) in [6, 6.07) is 15.5. The van der Waals surface area contributed by atoms with Crippen LogP contribution in [-0.4, -0.2) is 16.6 Å². The first kappa shape index (κ1) is 16.8. The monoisotopic (exact) mass is 356 g/mol. The molecule has 24 heavy (non-hydrogen) atoms. The molecule has 0 radical (unpaired) electrons. The summed E-state index contributed by atoms with van der Waals surface area (Å²) in [5.41, 5.74) is 3.85. The smallest absolute Gasteiger partial charge is 0.234 e. The molecule has 122 valence electrons. The fraction of sp³-hybridized carbons (Fsp3) is 0.158. The minimum atomic E-state index is -0.0574. The van der Waals surface area contributed by atoms with E-state index in [2.05, 4.69) is 23.3 Å². The van der Waals surface area contributed by atoms with E-state index in [9.17, 15) is 4.79 Å². The molecule has 1 amide bonds. The largest absolute Gasteiger partial charge is 0.325 e. The number of carbonyl (C=O) groups is 1. The Labute approximate surface area is 150 Å². The topological polar surface area (TPSA) is 42.0 Å². The van der Waals surface area contributed by atoms with E-state index in [1.807, 2.05) is 43.3 Å². The van der Waals surface area contributed by atoms with Gasteiger partial charge in [-0.3, -0.25) is 4.79 Å². The molecule has 1 aromatic heterocycles. The van der Waals surface area contributed by atoms with Gasteiger partial charge in [0.15, 0.2) is 0 Å². The Morgan fingerprint density at radius 1 is 1.12 bits per heavy atom. The summed E-state index contributed by atoms with van der Waals surface area (Å²) in [5.74, 6) is 0.255. The lowest BCUT2D eigenvalue weighted by atomic mass is 10.1. The Balaban J connectivity index is 1.68. The number of anilines is 1. The van der Waals surface area contributed by atoms with Gasteiger partial charge in [0.05, 0.1) is 16.3 Å². The van der Waals surface area contributed by atoms with Gasteiger partial charge < -0.3 is 5.32 Å². The molecule has 1 N–H and O–H groups in total. The van der Waals surface area contributed by atoms with Crippen LogP contribution in [-0.2, 0) is 4.79 Å². The zero-order valence-corrected chi connectivity index (χ0v) is 15.0. The van der Waals surface area contributed by atoms with Crippen molar-refractivity contribution in [2.75, 3.05) is 11.1 Å². The number of aromatic nitrogens is 1. The van der Waals surface area contributed by atoms with Crippen LogP contribution < -0.4 is 5.32 Å². The van der Waals surface area contributed by atoms with Gasteiger partial charge in [-0.25, -0.2) is 4.98 Å². The highest BCUT2D eigenvalue weighted by atomic mass is 35.5. The van der Waals surface area contributed by atoms with E-state index < -0.39 is 0 Å². The van der Waals surface area contributed by atoms with Crippen molar-refractivity contribution in [3.63, 3.8) is 0 Å². The van der Waals surface area contributed by atoms with Gasteiger partial charge >= 0.3 is 0 Å². The number of thioether (sulfide) groups is 1. The van der Waals surface area contributed by atoms with Crippen molar-refractivity contribution >= 4 is 45.9 Å². The number of rotatable bonds is 4. The molecule has 0 unspecified atom stereocenters. The molecule has 3 rings (SSSR count). The molecular weight excluding hydrogens is 340 g/mol. The van der Waals surface area contributed by atoms with Gasteiger partial charge in [0.1, 0.15) is 0 Å². The maximum atomic E-state index is 12.2. The summed E-state index contributed by atoms with van der Waals surface area (Å²) < 4.78 is 0. The van der Waals surface area contributed by atoms with Gasteiger partial charge in [0.25, 0.3) is 0 Å². The summed E-state index contributed by atoms with van der Waals surface area (Å²) in [7, 11) is 0. The molecule has 0 saturated carbocycles. The normalized spacial score (nSPS) is 10.8. The molecule has 1 heterocycles. The van der Waals surface area contributed by atoms with Crippen LogP contribution in [0.25, 0.3) is 10.9 Å². The predicted molar refractivity (Wildman–Crippen MR) is 102 cm³/mol. The SMILES string of the molecule is Cc1cc(Cl)ccc1NC(=O)CSc1cc(C)c2ccccc2n1. The number of benzene rings is 2. The number of nitrogens with zero attached hydrogens (tertiary/aromatic N) is 1. The number of pyridine rings is 1. The fourth-order valence-corrected chi connectivity index (χ4v) is 3.49. The minimum absolute atomic E-state index is 0.0574. The van der Waals surface area contributed by atoms with E-state index in [-0.39, 0.29) is 5.91 Å². The van der Waals surface area contributed by atoms with Crippen LogP contribution >= 0.6 is 23.4 Å². The first-order valence-electron chi connectivity index (χ1n) is 7.58.